The SMILES string of the molecule is O=C(NN=C(c1ccccc1)c1ccccc1)C(O)(c1ccc(Cl)cc1)c1ccc(Cl)cc1. The molecule has 4 rings (SSSR count). The molecular weight excluding hydrogens is 455 g/mol. The zero-order valence-electron chi connectivity index (χ0n) is 17.5. The minimum Gasteiger partial charge on any atom is -0.372 e. The van der Waals surface area contributed by atoms with Crippen LogP contribution in [0.3, 0.4) is 0 Å². The van der Waals surface area contributed by atoms with E-state index in [2.05, 4.69) is 10.5 Å². The number of nitrogens with one attached hydrogen (secondary N) is 1. The molecule has 0 fully saturated rings. The molecule has 0 aliphatic rings. The lowest BCUT2D eigenvalue weighted by molar-refractivity contribution is -0.136. The van der Waals surface area contributed by atoms with Crippen LogP contribution in [0.2, 0.25) is 10.0 Å². The van der Waals surface area contributed by atoms with Gasteiger partial charge in [0.25, 0.3) is 5.91 Å². The summed E-state index contributed by atoms with van der Waals surface area (Å²) >= 11 is 12.1. The van der Waals surface area contributed by atoms with Crippen LogP contribution in [-0.4, -0.2) is 16.7 Å². The smallest absolute Gasteiger partial charge is 0.281 e. The molecule has 0 radical (unpaired) electrons. The largest absolute Gasteiger partial charge is 0.372 e. The first-order valence-corrected chi connectivity index (χ1v) is 11.0. The van der Waals surface area contributed by atoms with E-state index in [4.69, 9.17) is 23.2 Å². The summed E-state index contributed by atoms with van der Waals surface area (Å²) in [5.74, 6) is -0.712. The van der Waals surface area contributed by atoms with Crippen LogP contribution in [0.5, 0.6) is 0 Å². The molecular formula is C27H20Cl2N2O2. The van der Waals surface area contributed by atoms with Gasteiger partial charge in [-0.15, -0.1) is 0 Å². The van der Waals surface area contributed by atoms with Gasteiger partial charge in [-0.25, -0.2) is 5.43 Å². The monoisotopic (exact) mass is 474 g/mol. The molecule has 33 heavy (non-hydrogen) atoms. The zero-order chi connectivity index (χ0) is 23.3. The Labute approximate surface area is 202 Å². The predicted octanol–water partition coefficient (Wildman–Crippen LogP) is 5.80. The molecule has 2 N–H and O–H groups in total. The van der Waals surface area contributed by atoms with Crippen LogP contribution in [0.25, 0.3) is 0 Å². The van der Waals surface area contributed by atoms with Crippen molar-refractivity contribution >= 4 is 34.8 Å². The quantitative estimate of drug-likeness (QED) is 0.274. The van der Waals surface area contributed by atoms with Crippen molar-refractivity contribution < 1.29 is 9.90 Å². The second-order valence-electron chi connectivity index (χ2n) is 7.36. The van der Waals surface area contributed by atoms with Crippen molar-refractivity contribution in [3.8, 4) is 0 Å². The van der Waals surface area contributed by atoms with Crippen molar-refractivity contribution in [3.63, 3.8) is 0 Å². The first-order chi connectivity index (χ1) is 16.0. The van der Waals surface area contributed by atoms with Crippen molar-refractivity contribution in [1.29, 1.82) is 0 Å². The summed E-state index contributed by atoms with van der Waals surface area (Å²) in [6.07, 6.45) is 0. The maximum absolute atomic E-state index is 13.5. The maximum Gasteiger partial charge on any atom is 0.281 e. The van der Waals surface area contributed by atoms with Gasteiger partial charge in [0, 0.05) is 21.2 Å². The molecule has 0 saturated heterocycles. The van der Waals surface area contributed by atoms with E-state index in [0.717, 1.165) is 11.1 Å². The van der Waals surface area contributed by atoms with Crippen LogP contribution < -0.4 is 5.43 Å². The summed E-state index contributed by atoms with van der Waals surface area (Å²) in [5, 5.41) is 17.1. The number of halogens is 2. The molecule has 6 heteroatoms. The fourth-order valence-corrected chi connectivity index (χ4v) is 3.74. The summed E-state index contributed by atoms with van der Waals surface area (Å²) in [7, 11) is 0. The number of aliphatic hydroxyl groups is 1. The number of carbonyl (C=O) groups is 1. The van der Waals surface area contributed by atoms with Crippen LogP contribution in [0, 0.1) is 0 Å². The molecule has 0 unspecified atom stereocenters. The Morgan fingerprint density at radius 2 is 1.06 bits per heavy atom. The summed E-state index contributed by atoms with van der Waals surface area (Å²) < 4.78 is 0. The molecule has 0 atom stereocenters. The minimum absolute atomic E-state index is 0.350. The van der Waals surface area contributed by atoms with E-state index in [1.807, 2.05) is 60.7 Å². The van der Waals surface area contributed by atoms with E-state index in [1.54, 1.807) is 48.5 Å². The molecule has 0 saturated carbocycles. The molecule has 4 aromatic carbocycles. The molecule has 0 aliphatic heterocycles. The lowest BCUT2D eigenvalue weighted by Crippen LogP contribution is -2.44. The normalized spacial score (nSPS) is 11.0. The Morgan fingerprint density at radius 1 is 0.667 bits per heavy atom. The standard InChI is InChI=1S/C27H20Cl2N2O2/c28-23-15-11-21(12-16-23)27(33,22-13-17-24(29)18-14-22)26(32)31-30-25(19-7-3-1-4-8-19)20-9-5-2-6-10-20/h1-18,33H,(H,31,32). The van der Waals surface area contributed by atoms with Crippen LogP contribution in [0.15, 0.2) is 114 Å². The Bertz CT molecular complexity index is 1170. The molecule has 4 nitrogen and oxygen atoms in total. The number of amides is 1. The molecule has 164 valence electrons. The number of rotatable bonds is 6. The van der Waals surface area contributed by atoms with Gasteiger partial charge in [-0.3, -0.25) is 4.79 Å². The van der Waals surface area contributed by atoms with Crippen molar-refractivity contribution in [2.24, 2.45) is 5.10 Å². The summed E-state index contributed by atoms with van der Waals surface area (Å²) in [4.78, 5) is 13.5. The third-order valence-corrected chi connectivity index (χ3v) is 5.72. The molecule has 4 aromatic rings. The second kappa shape index (κ2) is 10.0. The Kier molecular flexibility index (Phi) is 6.90. The van der Waals surface area contributed by atoms with Crippen LogP contribution >= 0.6 is 23.2 Å². The van der Waals surface area contributed by atoms with Gasteiger partial charge < -0.3 is 5.11 Å². The lowest BCUT2D eigenvalue weighted by atomic mass is 9.85. The van der Waals surface area contributed by atoms with Gasteiger partial charge in [0.2, 0.25) is 0 Å². The molecule has 0 spiro atoms. The zero-order valence-corrected chi connectivity index (χ0v) is 19.0. The van der Waals surface area contributed by atoms with Crippen LogP contribution in [-0.2, 0) is 10.4 Å². The number of carbonyl (C=O) groups excluding carboxylic acids is 1. The molecule has 1 amide bonds. The van der Waals surface area contributed by atoms with Gasteiger partial charge in [0.1, 0.15) is 0 Å². The third kappa shape index (κ3) is 4.99. The van der Waals surface area contributed by atoms with Gasteiger partial charge in [-0.2, -0.15) is 5.10 Å². The Hall–Kier alpha value is -3.44. The Morgan fingerprint density at radius 3 is 1.45 bits per heavy atom. The number of hydrazone groups is 1. The average molecular weight is 475 g/mol. The van der Waals surface area contributed by atoms with E-state index in [9.17, 15) is 9.90 Å². The van der Waals surface area contributed by atoms with E-state index in [1.165, 1.54) is 0 Å². The highest BCUT2D eigenvalue weighted by molar-refractivity contribution is 6.30. The van der Waals surface area contributed by atoms with Crippen molar-refractivity contribution in [2.45, 2.75) is 5.60 Å². The van der Waals surface area contributed by atoms with Crippen molar-refractivity contribution in [1.82, 2.24) is 5.43 Å². The molecule has 0 aliphatic carbocycles. The average Bonchev–Trinajstić information content (AvgIpc) is 2.86. The highest BCUT2D eigenvalue weighted by atomic mass is 35.5. The van der Waals surface area contributed by atoms with E-state index < -0.39 is 11.5 Å². The minimum atomic E-state index is -2.02. The fraction of sp³-hybridized carbons (Fsp3) is 0.0370. The first-order valence-electron chi connectivity index (χ1n) is 10.2. The van der Waals surface area contributed by atoms with Gasteiger partial charge in [-0.1, -0.05) is 108 Å². The molecule has 0 heterocycles. The molecule has 0 aromatic heterocycles. The van der Waals surface area contributed by atoms with E-state index >= 15 is 0 Å². The number of nitrogens with zero attached hydrogens (tertiary/aromatic N) is 1. The van der Waals surface area contributed by atoms with E-state index in [-0.39, 0.29) is 0 Å². The van der Waals surface area contributed by atoms with Crippen LogP contribution in [0.1, 0.15) is 22.3 Å². The van der Waals surface area contributed by atoms with Gasteiger partial charge >= 0.3 is 0 Å². The van der Waals surface area contributed by atoms with Gasteiger partial charge in [0.05, 0.1) is 5.71 Å². The second-order valence-corrected chi connectivity index (χ2v) is 8.23. The topological polar surface area (TPSA) is 61.7 Å². The molecule has 0 bridgehead atoms. The number of benzene rings is 4. The summed E-state index contributed by atoms with van der Waals surface area (Å²) in [6.45, 7) is 0. The number of hydrogen-bond donors (Lipinski definition) is 2. The summed E-state index contributed by atoms with van der Waals surface area (Å²) in [5.41, 5.74) is 3.48. The predicted molar refractivity (Wildman–Crippen MR) is 133 cm³/mol. The third-order valence-electron chi connectivity index (χ3n) is 5.22. The first kappa shape index (κ1) is 22.7. The van der Waals surface area contributed by atoms with Crippen molar-refractivity contribution in [3.05, 3.63) is 141 Å². The van der Waals surface area contributed by atoms with Gasteiger partial charge in [0.15, 0.2) is 5.60 Å². The highest BCUT2D eigenvalue weighted by Gasteiger charge is 2.40. The number of hydrogen-bond acceptors (Lipinski definition) is 3. The summed E-state index contributed by atoms with van der Waals surface area (Å²) in [6, 6.07) is 31.9. The van der Waals surface area contributed by atoms with Crippen LogP contribution in [0.4, 0.5) is 0 Å². The highest BCUT2D eigenvalue weighted by Crippen LogP contribution is 2.32. The fourth-order valence-electron chi connectivity index (χ4n) is 3.49. The van der Waals surface area contributed by atoms with E-state index in [0.29, 0.717) is 26.9 Å². The van der Waals surface area contributed by atoms with Crippen molar-refractivity contribution in [2.75, 3.05) is 0 Å². The lowest BCUT2D eigenvalue weighted by Gasteiger charge is -2.27. The maximum atomic E-state index is 13.5. The van der Waals surface area contributed by atoms with Gasteiger partial charge in [-0.05, 0) is 35.4 Å². The Balaban J connectivity index is 1.76.